The zero-order valence-corrected chi connectivity index (χ0v) is 19.1. The van der Waals surface area contributed by atoms with Gasteiger partial charge in [0.15, 0.2) is 5.82 Å². The van der Waals surface area contributed by atoms with Gasteiger partial charge in [0.1, 0.15) is 18.0 Å². The van der Waals surface area contributed by atoms with Gasteiger partial charge in [0.25, 0.3) is 0 Å². The molecule has 0 amide bonds. The monoisotopic (exact) mass is 452 g/mol. The van der Waals surface area contributed by atoms with Crippen molar-refractivity contribution in [3.63, 3.8) is 0 Å². The quantitative estimate of drug-likeness (QED) is 0.347. The minimum absolute atomic E-state index is 0.668. The highest BCUT2D eigenvalue weighted by atomic mass is 16.3. The summed E-state index contributed by atoms with van der Waals surface area (Å²) in [6.45, 7) is 3.63. The molecule has 0 spiro atoms. The molecule has 0 fully saturated rings. The fourth-order valence-corrected chi connectivity index (χ4v) is 3.83. The zero-order chi connectivity index (χ0) is 23.7. The third-order valence-corrected chi connectivity index (χ3v) is 5.53. The van der Waals surface area contributed by atoms with Gasteiger partial charge in [-0.3, -0.25) is 4.57 Å². The van der Waals surface area contributed by atoms with Gasteiger partial charge >= 0.3 is 0 Å². The molecule has 4 aromatic heterocycles. The number of anilines is 3. The lowest BCUT2D eigenvalue weighted by atomic mass is 10.0. The smallest absolute Gasteiger partial charge is 0.153 e. The summed E-state index contributed by atoms with van der Waals surface area (Å²) in [5, 5.41) is 25.0. The molecule has 9 heteroatoms. The standard InChI is InChI=1S/C25H24N8O/c1-15-6-10-22(32-31-15)29-17-7-9-21-20(13-17)28-14-33(21)23-11-8-18(16(2)34)24(30-23)19-5-4-12-27-25(19)26-3/h4-14,16,34H,1-3H3,(H,26,27)(H,29,32). The number of nitrogens with zero attached hydrogens (tertiary/aromatic N) is 6. The summed E-state index contributed by atoms with van der Waals surface area (Å²) < 4.78 is 1.93. The van der Waals surface area contributed by atoms with Crippen LogP contribution in [-0.2, 0) is 0 Å². The average molecular weight is 453 g/mol. The van der Waals surface area contributed by atoms with E-state index >= 15 is 0 Å². The van der Waals surface area contributed by atoms with Crippen molar-refractivity contribution in [3.8, 4) is 17.1 Å². The molecular weight excluding hydrogens is 428 g/mol. The van der Waals surface area contributed by atoms with E-state index in [1.54, 1.807) is 19.4 Å². The van der Waals surface area contributed by atoms with Crippen LogP contribution in [0.3, 0.4) is 0 Å². The maximum atomic E-state index is 10.4. The summed E-state index contributed by atoms with van der Waals surface area (Å²) >= 11 is 0. The summed E-state index contributed by atoms with van der Waals surface area (Å²) in [6.07, 6.45) is 2.79. The number of rotatable bonds is 6. The Hall–Kier alpha value is -4.37. The first-order valence-corrected chi connectivity index (χ1v) is 10.9. The molecule has 0 bridgehead atoms. The van der Waals surface area contributed by atoms with Gasteiger partial charge in [-0.1, -0.05) is 6.07 Å². The van der Waals surface area contributed by atoms with E-state index in [1.807, 2.05) is 73.1 Å². The van der Waals surface area contributed by atoms with E-state index in [0.717, 1.165) is 33.5 Å². The number of aliphatic hydroxyl groups is 1. The number of hydrogen-bond donors (Lipinski definition) is 3. The Morgan fingerprint density at radius 2 is 1.88 bits per heavy atom. The van der Waals surface area contributed by atoms with E-state index in [0.29, 0.717) is 23.1 Å². The lowest BCUT2D eigenvalue weighted by Gasteiger charge is -2.16. The second-order valence-corrected chi connectivity index (χ2v) is 7.94. The number of aromatic nitrogens is 6. The Morgan fingerprint density at radius 3 is 2.65 bits per heavy atom. The van der Waals surface area contributed by atoms with E-state index in [9.17, 15) is 5.11 Å². The third kappa shape index (κ3) is 4.04. The lowest BCUT2D eigenvalue weighted by molar-refractivity contribution is 0.199. The van der Waals surface area contributed by atoms with Crippen LogP contribution in [0.25, 0.3) is 28.1 Å². The Labute approximate surface area is 196 Å². The van der Waals surface area contributed by atoms with Crippen LogP contribution in [0.2, 0.25) is 0 Å². The fourth-order valence-electron chi connectivity index (χ4n) is 3.83. The molecule has 0 aliphatic heterocycles. The summed E-state index contributed by atoms with van der Waals surface area (Å²) in [7, 11) is 1.81. The molecule has 0 saturated carbocycles. The van der Waals surface area contributed by atoms with Crippen LogP contribution < -0.4 is 10.6 Å². The van der Waals surface area contributed by atoms with E-state index in [-0.39, 0.29) is 0 Å². The summed E-state index contributed by atoms with van der Waals surface area (Å²) in [5.74, 6) is 2.05. The predicted molar refractivity (Wildman–Crippen MR) is 132 cm³/mol. The molecular formula is C25H24N8O. The molecule has 0 aliphatic carbocycles. The van der Waals surface area contributed by atoms with Crippen LogP contribution in [0.15, 0.2) is 67.1 Å². The van der Waals surface area contributed by atoms with Crippen LogP contribution in [-0.4, -0.2) is 41.9 Å². The molecule has 34 heavy (non-hydrogen) atoms. The van der Waals surface area contributed by atoms with E-state index in [2.05, 4.69) is 30.8 Å². The maximum Gasteiger partial charge on any atom is 0.153 e. The van der Waals surface area contributed by atoms with Crippen LogP contribution in [0, 0.1) is 6.92 Å². The van der Waals surface area contributed by atoms with Gasteiger partial charge in [0, 0.05) is 30.1 Å². The van der Waals surface area contributed by atoms with Crippen molar-refractivity contribution in [2.24, 2.45) is 0 Å². The topological polar surface area (TPSA) is 114 Å². The number of aryl methyl sites for hydroxylation is 1. The molecule has 9 nitrogen and oxygen atoms in total. The number of imidazole rings is 1. The van der Waals surface area contributed by atoms with Crippen LogP contribution >= 0.6 is 0 Å². The van der Waals surface area contributed by atoms with Gasteiger partial charge in [-0.2, -0.15) is 5.10 Å². The molecule has 170 valence electrons. The Kier molecular flexibility index (Phi) is 5.60. The van der Waals surface area contributed by atoms with Crippen molar-refractivity contribution < 1.29 is 5.11 Å². The second-order valence-electron chi connectivity index (χ2n) is 7.94. The highest BCUT2D eigenvalue weighted by Crippen LogP contribution is 2.32. The highest BCUT2D eigenvalue weighted by molar-refractivity contribution is 5.82. The summed E-state index contributed by atoms with van der Waals surface area (Å²) in [4.78, 5) is 13.9. The number of aliphatic hydroxyl groups excluding tert-OH is 1. The van der Waals surface area contributed by atoms with Gasteiger partial charge in [0.05, 0.1) is 28.5 Å². The van der Waals surface area contributed by atoms with E-state index in [4.69, 9.17) is 4.98 Å². The first-order valence-electron chi connectivity index (χ1n) is 10.9. The van der Waals surface area contributed by atoms with Crippen molar-refractivity contribution in [2.75, 3.05) is 17.7 Å². The summed E-state index contributed by atoms with van der Waals surface area (Å²) in [6, 6.07) is 17.3. The number of pyridine rings is 2. The average Bonchev–Trinajstić information content (AvgIpc) is 3.28. The molecule has 0 radical (unpaired) electrons. The van der Waals surface area contributed by atoms with Crippen molar-refractivity contribution in [3.05, 3.63) is 78.4 Å². The molecule has 0 saturated heterocycles. The zero-order valence-electron chi connectivity index (χ0n) is 19.1. The van der Waals surface area contributed by atoms with Gasteiger partial charge in [-0.15, -0.1) is 5.10 Å². The molecule has 0 aliphatic rings. The minimum atomic E-state index is -0.681. The molecule has 5 aromatic rings. The van der Waals surface area contributed by atoms with Crippen molar-refractivity contribution in [1.82, 2.24) is 29.7 Å². The molecule has 3 N–H and O–H groups in total. The number of benzene rings is 1. The third-order valence-electron chi connectivity index (χ3n) is 5.53. The first-order chi connectivity index (χ1) is 16.5. The fraction of sp³-hybridized carbons (Fsp3) is 0.160. The first kappa shape index (κ1) is 21.5. The minimum Gasteiger partial charge on any atom is -0.389 e. The largest absolute Gasteiger partial charge is 0.389 e. The van der Waals surface area contributed by atoms with Crippen molar-refractivity contribution in [2.45, 2.75) is 20.0 Å². The van der Waals surface area contributed by atoms with Gasteiger partial charge in [0.2, 0.25) is 0 Å². The van der Waals surface area contributed by atoms with Gasteiger partial charge < -0.3 is 15.7 Å². The maximum absolute atomic E-state index is 10.4. The number of fused-ring (bicyclic) bond motifs is 1. The highest BCUT2D eigenvalue weighted by Gasteiger charge is 2.17. The van der Waals surface area contributed by atoms with Crippen LogP contribution in [0.4, 0.5) is 17.3 Å². The normalized spacial score (nSPS) is 12.0. The van der Waals surface area contributed by atoms with Gasteiger partial charge in [-0.05, 0) is 62.4 Å². The van der Waals surface area contributed by atoms with Crippen LogP contribution in [0.5, 0.6) is 0 Å². The van der Waals surface area contributed by atoms with Crippen LogP contribution in [0.1, 0.15) is 24.3 Å². The van der Waals surface area contributed by atoms with E-state index in [1.165, 1.54) is 0 Å². The Bertz CT molecular complexity index is 1460. The SMILES string of the molecule is CNc1ncccc1-c1nc(-n2cnc3cc(Nc4ccc(C)nn4)ccc32)ccc1C(C)O. The molecule has 1 aromatic carbocycles. The Morgan fingerprint density at radius 1 is 1.00 bits per heavy atom. The van der Waals surface area contributed by atoms with Crippen molar-refractivity contribution in [1.29, 1.82) is 0 Å². The predicted octanol–water partition coefficient (Wildman–Crippen LogP) is 4.42. The number of hydrogen-bond acceptors (Lipinski definition) is 8. The molecule has 1 unspecified atom stereocenters. The number of nitrogens with one attached hydrogen (secondary N) is 2. The van der Waals surface area contributed by atoms with Gasteiger partial charge in [-0.25, -0.2) is 15.0 Å². The molecule has 5 rings (SSSR count). The summed E-state index contributed by atoms with van der Waals surface area (Å²) in [5.41, 5.74) is 5.66. The molecule has 1 atom stereocenters. The lowest BCUT2D eigenvalue weighted by Crippen LogP contribution is -2.05. The van der Waals surface area contributed by atoms with Crippen molar-refractivity contribution >= 4 is 28.4 Å². The Balaban J connectivity index is 1.55. The molecule has 4 heterocycles. The van der Waals surface area contributed by atoms with E-state index < -0.39 is 6.10 Å². The second kappa shape index (κ2) is 8.87.